The van der Waals surface area contributed by atoms with Crippen molar-refractivity contribution in [3.63, 3.8) is 0 Å². The molecule has 1 aromatic rings. The minimum Gasteiger partial charge on any atom is -0.497 e. The van der Waals surface area contributed by atoms with Crippen LogP contribution in [-0.2, 0) is 4.79 Å². The molecule has 1 aromatic carbocycles. The van der Waals surface area contributed by atoms with Crippen LogP contribution >= 0.6 is 24.2 Å². The first-order chi connectivity index (χ1) is 9.17. The number of hydrogen-bond donors (Lipinski definition) is 2. The molecule has 0 aliphatic heterocycles. The van der Waals surface area contributed by atoms with Crippen molar-refractivity contribution < 1.29 is 9.53 Å². The summed E-state index contributed by atoms with van der Waals surface area (Å²) in [5.74, 6) is 0.894. The standard InChI is InChI=1S/C14H22N2O2S.ClH/c1-4-15-9-10-16-14(17)11(2)19-13-7-5-12(18-3)6-8-13;/h5-8,11,15H,4,9-10H2,1-3H3,(H,16,17);1H. The number of benzene rings is 1. The Morgan fingerprint density at radius 3 is 2.50 bits per heavy atom. The van der Waals surface area contributed by atoms with E-state index in [-0.39, 0.29) is 23.6 Å². The zero-order chi connectivity index (χ0) is 14.1. The van der Waals surface area contributed by atoms with Gasteiger partial charge in [0.1, 0.15) is 5.75 Å². The summed E-state index contributed by atoms with van der Waals surface area (Å²) in [6, 6.07) is 7.73. The minimum absolute atomic E-state index is 0. The van der Waals surface area contributed by atoms with Gasteiger partial charge >= 0.3 is 0 Å². The molecule has 114 valence electrons. The summed E-state index contributed by atoms with van der Waals surface area (Å²) in [5, 5.41) is 5.98. The zero-order valence-electron chi connectivity index (χ0n) is 12.1. The van der Waals surface area contributed by atoms with Crippen molar-refractivity contribution in [2.45, 2.75) is 24.0 Å². The number of amides is 1. The SMILES string of the molecule is CCNCCNC(=O)C(C)Sc1ccc(OC)cc1.Cl. The third-order valence-electron chi connectivity index (χ3n) is 2.59. The molecule has 0 heterocycles. The van der Waals surface area contributed by atoms with Crippen LogP contribution in [0.4, 0.5) is 0 Å². The molecule has 20 heavy (non-hydrogen) atoms. The van der Waals surface area contributed by atoms with Crippen molar-refractivity contribution in [2.24, 2.45) is 0 Å². The van der Waals surface area contributed by atoms with Crippen LogP contribution < -0.4 is 15.4 Å². The molecule has 0 spiro atoms. The first kappa shape index (κ1) is 19.1. The van der Waals surface area contributed by atoms with Crippen molar-refractivity contribution in [2.75, 3.05) is 26.7 Å². The van der Waals surface area contributed by atoms with Gasteiger partial charge in [0.15, 0.2) is 0 Å². The molecule has 0 aliphatic rings. The van der Waals surface area contributed by atoms with E-state index in [0.717, 1.165) is 23.7 Å². The molecular formula is C14H23ClN2O2S. The Labute approximate surface area is 131 Å². The minimum atomic E-state index is -0.102. The number of ether oxygens (including phenoxy) is 1. The van der Waals surface area contributed by atoms with E-state index in [0.29, 0.717) is 6.54 Å². The molecule has 4 nitrogen and oxygen atoms in total. The Balaban J connectivity index is 0.00000361. The predicted octanol–water partition coefficient (Wildman–Crippen LogP) is 2.32. The van der Waals surface area contributed by atoms with Crippen molar-refractivity contribution in [3.8, 4) is 5.75 Å². The lowest BCUT2D eigenvalue weighted by Crippen LogP contribution is -2.36. The van der Waals surface area contributed by atoms with Crippen LogP contribution in [0.5, 0.6) is 5.75 Å². The van der Waals surface area contributed by atoms with Gasteiger partial charge in [-0.3, -0.25) is 4.79 Å². The summed E-state index contributed by atoms with van der Waals surface area (Å²) in [4.78, 5) is 12.9. The van der Waals surface area contributed by atoms with Crippen LogP contribution in [-0.4, -0.2) is 37.9 Å². The van der Waals surface area contributed by atoms with Gasteiger partial charge in [0.05, 0.1) is 12.4 Å². The van der Waals surface area contributed by atoms with Gasteiger partial charge in [-0.15, -0.1) is 24.2 Å². The number of nitrogens with one attached hydrogen (secondary N) is 2. The van der Waals surface area contributed by atoms with Crippen LogP contribution in [0.15, 0.2) is 29.2 Å². The largest absolute Gasteiger partial charge is 0.497 e. The summed E-state index contributed by atoms with van der Waals surface area (Å²) in [6.07, 6.45) is 0. The lowest BCUT2D eigenvalue weighted by Gasteiger charge is -2.12. The highest BCUT2D eigenvalue weighted by Gasteiger charge is 2.13. The summed E-state index contributed by atoms with van der Waals surface area (Å²) in [7, 11) is 1.64. The summed E-state index contributed by atoms with van der Waals surface area (Å²) < 4.78 is 5.10. The zero-order valence-corrected chi connectivity index (χ0v) is 13.8. The van der Waals surface area contributed by atoms with E-state index < -0.39 is 0 Å². The van der Waals surface area contributed by atoms with Gasteiger partial charge < -0.3 is 15.4 Å². The van der Waals surface area contributed by atoms with Crippen molar-refractivity contribution in [1.82, 2.24) is 10.6 Å². The molecule has 0 saturated heterocycles. The molecule has 1 amide bonds. The summed E-state index contributed by atoms with van der Waals surface area (Å²) in [6.45, 7) is 6.36. The monoisotopic (exact) mass is 318 g/mol. The molecule has 6 heteroatoms. The van der Waals surface area contributed by atoms with E-state index in [9.17, 15) is 4.79 Å². The molecule has 1 rings (SSSR count). The molecule has 0 radical (unpaired) electrons. The molecule has 0 bridgehead atoms. The van der Waals surface area contributed by atoms with Gasteiger partial charge in [0.25, 0.3) is 0 Å². The van der Waals surface area contributed by atoms with Gasteiger partial charge in [-0.05, 0) is 37.7 Å². The van der Waals surface area contributed by atoms with Crippen molar-refractivity contribution in [1.29, 1.82) is 0 Å². The Kier molecular flexibility index (Phi) is 10.3. The number of carbonyl (C=O) groups is 1. The lowest BCUT2D eigenvalue weighted by atomic mass is 10.3. The molecule has 1 atom stereocenters. The molecule has 0 fully saturated rings. The third kappa shape index (κ3) is 7.03. The maximum atomic E-state index is 11.8. The molecule has 0 aliphatic carbocycles. The molecule has 2 N–H and O–H groups in total. The predicted molar refractivity (Wildman–Crippen MR) is 87.1 cm³/mol. The highest BCUT2D eigenvalue weighted by molar-refractivity contribution is 8.00. The maximum absolute atomic E-state index is 11.8. The Hall–Kier alpha value is -0.910. The Bertz CT molecular complexity index is 387. The van der Waals surface area contributed by atoms with Crippen LogP contribution in [0.1, 0.15) is 13.8 Å². The number of hydrogen-bond acceptors (Lipinski definition) is 4. The van der Waals surface area contributed by atoms with Crippen molar-refractivity contribution >= 4 is 30.1 Å². The van der Waals surface area contributed by atoms with Gasteiger partial charge in [0, 0.05) is 18.0 Å². The maximum Gasteiger partial charge on any atom is 0.233 e. The van der Waals surface area contributed by atoms with Crippen molar-refractivity contribution in [3.05, 3.63) is 24.3 Å². The quantitative estimate of drug-likeness (QED) is 0.570. The highest BCUT2D eigenvalue weighted by Crippen LogP contribution is 2.25. The van der Waals surface area contributed by atoms with E-state index in [4.69, 9.17) is 4.74 Å². The molecular weight excluding hydrogens is 296 g/mol. The number of methoxy groups -OCH3 is 1. The number of halogens is 1. The fourth-order valence-electron chi connectivity index (χ4n) is 1.51. The van der Waals surface area contributed by atoms with Crippen LogP contribution in [0, 0.1) is 0 Å². The second kappa shape index (κ2) is 10.8. The number of carbonyl (C=O) groups excluding carboxylic acids is 1. The summed E-state index contributed by atoms with van der Waals surface area (Å²) in [5.41, 5.74) is 0. The van der Waals surface area contributed by atoms with Crippen LogP contribution in [0.25, 0.3) is 0 Å². The third-order valence-corrected chi connectivity index (χ3v) is 3.70. The fraction of sp³-hybridized carbons (Fsp3) is 0.500. The fourth-order valence-corrected chi connectivity index (χ4v) is 2.40. The van der Waals surface area contributed by atoms with Crippen LogP contribution in [0.3, 0.4) is 0 Å². The lowest BCUT2D eigenvalue weighted by molar-refractivity contribution is -0.120. The second-order valence-corrected chi connectivity index (χ2v) is 5.49. The van der Waals surface area contributed by atoms with E-state index >= 15 is 0 Å². The van der Waals surface area contributed by atoms with Gasteiger partial charge in [-0.25, -0.2) is 0 Å². The summed E-state index contributed by atoms with van der Waals surface area (Å²) >= 11 is 1.55. The molecule has 0 saturated carbocycles. The smallest absolute Gasteiger partial charge is 0.233 e. The average Bonchev–Trinajstić information content (AvgIpc) is 2.44. The van der Waals surface area contributed by atoms with Gasteiger partial charge in [-0.1, -0.05) is 6.92 Å². The first-order valence-corrected chi connectivity index (χ1v) is 7.34. The van der Waals surface area contributed by atoms with Crippen LogP contribution in [0.2, 0.25) is 0 Å². The topological polar surface area (TPSA) is 50.4 Å². The molecule has 1 unspecified atom stereocenters. The second-order valence-electron chi connectivity index (χ2n) is 4.08. The highest BCUT2D eigenvalue weighted by atomic mass is 35.5. The Morgan fingerprint density at radius 2 is 1.95 bits per heavy atom. The average molecular weight is 319 g/mol. The number of thioether (sulfide) groups is 1. The number of rotatable bonds is 8. The molecule has 0 aromatic heterocycles. The Morgan fingerprint density at radius 1 is 1.30 bits per heavy atom. The van der Waals surface area contributed by atoms with Gasteiger partial charge in [-0.2, -0.15) is 0 Å². The first-order valence-electron chi connectivity index (χ1n) is 6.46. The van der Waals surface area contributed by atoms with E-state index in [1.54, 1.807) is 18.9 Å². The number of likely N-dealkylation sites (N-methyl/N-ethyl adjacent to an activating group) is 1. The van der Waals surface area contributed by atoms with Gasteiger partial charge in [0.2, 0.25) is 5.91 Å². The van der Waals surface area contributed by atoms with E-state index in [2.05, 4.69) is 10.6 Å². The van der Waals surface area contributed by atoms with E-state index in [1.165, 1.54) is 0 Å². The normalized spacial score (nSPS) is 11.3. The van der Waals surface area contributed by atoms with E-state index in [1.807, 2.05) is 38.1 Å².